The predicted octanol–water partition coefficient (Wildman–Crippen LogP) is 14.9. The van der Waals surface area contributed by atoms with Crippen LogP contribution in [0.25, 0.3) is 33.2 Å². The van der Waals surface area contributed by atoms with E-state index in [0.717, 1.165) is 13.0 Å². The summed E-state index contributed by atoms with van der Waals surface area (Å²) in [5, 5.41) is 5.14. The molecular weight excluding hydrogens is 709 g/mol. The second kappa shape index (κ2) is 13.1. The summed E-state index contributed by atoms with van der Waals surface area (Å²) >= 11 is 1.85. The highest BCUT2D eigenvalue weighted by Gasteiger charge is 2.51. The van der Waals surface area contributed by atoms with E-state index in [1.54, 1.807) is 11.1 Å². The van der Waals surface area contributed by atoms with Gasteiger partial charge in [-0.3, -0.25) is 0 Å². The lowest BCUT2D eigenvalue weighted by Crippen LogP contribution is -2.29. The van der Waals surface area contributed by atoms with E-state index >= 15 is 0 Å². The van der Waals surface area contributed by atoms with Gasteiger partial charge >= 0.3 is 0 Å². The molecule has 3 heteroatoms. The molecule has 0 aromatic heterocycles. The Morgan fingerprint density at radius 3 is 2.11 bits per heavy atom. The largest absolute Gasteiger partial charge is 0.341 e. The topological polar surface area (TPSA) is 6.48 Å². The van der Waals surface area contributed by atoms with Gasteiger partial charge in [0, 0.05) is 38.8 Å². The van der Waals surface area contributed by atoms with E-state index in [1.807, 2.05) is 11.8 Å². The van der Waals surface area contributed by atoms with Crippen molar-refractivity contribution in [3.8, 4) is 0 Å². The summed E-state index contributed by atoms with van der Waals surface area (Å²) < 4.78 is 0. The Balaban J connectivity index is 0.831. The molecule has 57 heavy (non-hydrogen) atoms. The molecule has 2 nitrogen and oxygen atoms in total. The van der Waals surface area contributed by atoms with Crippen LogP contribution < -0.4 is 9.80 Å². The fraction of sp³-hybridized carbons (Fsp3) is 0.185. The lowest BCUT2D eigenvalue weighted by atomic mass is 9.69. The Hall–Kier alpha value is -5.77. The van der Waals surface area contributed by atoms with Crippen molar-refractivity contribution in [2.45, 2.75) is 60.2 Å². The van der Waals surface area contributed by atoms with Crippen LogP contribution in [0, 0.1) is 5.92 Å². The van der Waals surface area contributed by atoms with Gasteiger partial charge in [0.05, 0.1) is 11.4 Å². The molecule has 1 fully saturated rings. The molecule has 276 valence electrons. The molecule has 1 atom stereocenters. The van der Waals surface area contributed by atoms with Crippen LogP contribution in [0.3, 0.4) is 0 Å². The number of para-hydroxylation sites is 3. The second-order valence-electron chi connectivity index (χ2n) is 16.8. The number of hydrogen-bond acceptors (Lipinski definition) is 3. The molecule has 1 spiro atoms. The number of aryl methyl sites for hydroxylation is 1. The van der Waals surface area contributed by atoms with Crippen molar-refractivity contribution in [2.75, 3.05) is 16.3 Å². The summed E-state index contributed by atoms with van der Waals surface area (Å²) in [4.78, 5) is 7.58. The van der Waals surface area contributed by atoms with Gasteiger partial charge in [-0.05, 0) is 154 Å². The van der Waals surface area contributed by atoms with E-state index in [-0.39, 0.29) is 5.41 Å². The van der Waals surface area contributed by atoms with Crippen LogP contribution in [0.15, 0.2) is 173 Å². The molecular formula is C54H44N2S. The smallest absolute Gasteiger partial charge is 0.0601 e. The van der Waals surface area contributed by atoms with E-state index in [4.69, 9.17) is 0 Å². The Kier molecular flexibility index (Phi) is 7.70. The molecule has 7 aromatic rings. The van der Waals surface area contributed by atoms with E-state index < -0.39 is 0 Å². The average Bonchev–Trinajstić information content (AvgIpc) is 3.87. The highest BCUT2D eigenvalue weighted by molar-refractivity contribution is 7.99. The molecule has 0 bridgehead atoms. The first-order valence-corrected chi connectivity index (χ1v) is 21.7. The second-order valence-corrected chi connectivity index (χ2v) is 17.8. The summed E-state index contributed by atoms with van der Waals surface area (Å²) in [5.74, 6) is 0.557. The third-order valence-corrected chi connectivity index (χ3v) is 14.9. The first-order valence-electron chi connectivity index (χ1n) is 20.9. The van der Waals surface area contributed by atoms with Crippen molar-refractivity contribution >= 4 is 73.4 Å². The van der Waals surface area contributed by atoms with E-state index in [9.17, 15) is 0 Å². The van der Waals surface area contributed by atoms with E-state index in [1.165, 1.54) is 121 Å². The molecule has 3 aliphatic carbocycles. The van der Waals surface area contributed by atoms with Gasteiger partial charge in [-0.2, -0.15) is 0 Å². The number of rotatable bonds is 4. The van der Waals surface area contributed by atoms with Gasteiger partial charge in [-0.25, -0.2) is 0 Å². The Morgan fingerprint density at radius 2 is 1.30 bits per heavy atom. The van der Waals surface area contributed by atoms with Gasteiger partial charge < -0.3 is 9.80 Å². The normalized spacial score (nSPS) is 19.0. The van der Waals surface area contributed by atoms with Crippen LogP contribution in [-0.2, 0) is 11.8 Å². The summed E-state index contributed by atoms with van der Waals surface area (Å²) in [6.07, 6.45) is 18.4. The molecule has 0 saturated heterocycles. The maximum atomic E-state index is 2.60. The van der Waals surface area contributed by atoms with Gasteiger partial charge in [-0.1, -0.05) is 128 Å². The first-order chi connectivity index (χ1) is 28.2. The maximum Gasteiger partial charge on any atom is 0.0601 e. The predicted molar refractivity (Wildman–Crippen MR) is 242 cm³/mol. The number of nitrogens with zero attached hydrogens (tertiary/aromatic N) is 2. The number of allylic oxidation sites excluding steroid dienone is 5. The zero-order chi connectivity index (χ0) is 37.5. The van der Waals surface area contributed by atoms with Gasteiger partial charge in [0.1, 0.15) is 0 Å². The molecule has 0 radical (unpaired) electrons. The molecule has 2 aliphatic heterocycles. The third-order valence-electron chi connectivity index (χ3n) is 13.8. The lowest BCUT2D eigenvalue weighted by Gasteiger charge is -2.35. The van der Waals surface area contributed by atoms with Crippen LogP contribution in [-0.4, -0.2) is 6.54 Å². The van der Waals surface area contributed by atoms with Crippen molar-refractivity contribution in [3.63, 3.8) is 0 Å². The minimum Gasteiger partial charge on any atom is -0.341 e. The summed E-state index contributed by atoms with van der Waals surface area (Å²) in [6, 6.07) is 52.6. The van der Waals surface area contributed by atoms with Crippen LogP contribution >= 0.6 is 11.8 Å². The molecule has 1 unspecified atom stereocenters. The zero-order valence-electron chi connectivity index (χ0n) is 32.1. The molecule has 0 N–H and O–H groups in total. The molecule has 0 amide bonds. The number of anilines is 5. The van der Waals surface area contributed by atoms with Crippen LogP contribution in [0.5, 0.6) is 0 Å². The highest BCUT2D eigenvalue weighted by atomic mass is 32.2. The van der Waals surface area contributed by atoms with Crippen molar-refractivity contribution in [1.29, 1.82) is 0 Å². The average molecular weight is 753 g/mol. The molecule has 1 saturated carbocycles. The number of hydrogen-bond donors (Lipinski definition) is 0. The quantitative estimate of drug-likeness (QED) is 0.165. The summed E-state index contributed by atoms with van der Waals surface area (Å²) in [5.41, 5.74) is 15.6. The third kappa shape index (κ3) is 5.32. The van der Waals surface area contributed by atoms with Crippen molar-refractivity contribution in [3.05, 3.63) is 186 Å². The highest BCUT2D eigenvalue weighted by Crippen LogP contribution is 2.61. The minimum absolute atomic E-state index is 0.253. The molecule has 2 heterocycles. The molecule has 12 rings (SSSR count). The minimum atomic E-state index is 0.253. The summed E-state index contributed by atoms with van der Waals surface area (Å²) in [7, 11) is 0. The van der Waals surface area contributed by atoms with Gasteiger partial charge in [0.2, 0.25) is 0 Å². The van der Waals surface area contributed by atoms with E-state index in [2.05, 4.69) is 174 Å². The first kappa shape index (κ1) is 33.4. The van der Waals surface area contributed by atoms with Crippen molar-refractivity contribution in [2.24, 2.45) is 5.92 Å². The Morgan fingerprint density at radius 1 is 0.596 bits per heavy atom. The van der Waals surface area contributed by atoms with Crippen molar-refractivity contribution < 1.29 is 0 Å². The van der Waals surface area contributed by atoms with Crippen LogP contribution in [0.1, 0.15) is 60.8 Å². The fourth-order valence-corrected chi connectivity index (χ4v) is 12.2. The Bertz CT molecular complexity index is 2830. The van der Waals surface area contributed by atoms with Gasteiger partial charge in [0.15, 0.2) is 0 Å². The molecule has 5 aliphatic rings. The van der Waals surface area contributed by atoms with Crippen LogP contribution in [0.2, 0.25) is 0 Å². The lowest BCUT2D eigenvalue weighted by molar-refractivity contribution is 0.348. The SMILES string of the molecule is C1=C(/C=C/c2ccc3c(ccc4cc(N5c6ccccc6Sc6ccccc65)ccc43)c2)CC2C(=C1)c1ccc(N3CCCc4ccccc43)cc1C21CCCC1. The standard InChI is InChI=1S/C54H44N2S/c1-2-12-49-38(10-1)11-9-31-55(49)41-23-28-46-45-26-20-37(33-47(45)54(48(46)35-41)29-7-8-30-54)18-17-36-19-25-43-39(32-36)21-22-40-34-42(24-27-44(40)43)56-50-13-3-5-15-52(50)57-53-16-6-4-14-51(53)56/h1-6,10,12-28,32,34-35,47H,7-9,11,29-31,33H2/b18-17+. The van der Waals surface area contributed by atoms with E-state index in [0.29, 0.717) is 5.92 Å². The maximum absolute atomic E-state index is 2.60. The monoisotopic (exact) mass is 752 g/mol. The Labute approximate surface area is 339 Å². The fourth-order valence-electron chi connectivity index (χ4n) is 11.1. The van der Waals surface area contributed by atoms with Crippen LogP contribution in [0.4, 0.5) is 28.4 Å². The van der Waals surface area contributed by atoms with Crippen molar-refractivity contribution in [1.82, 2.24) is 0 Å². The van der Waals surface area contributed by atoms with Gasteiger partial charge in [0.25, 0.3) is 0 Å². The number of fused-ring (bicyclic) bond motifs is 11. The number of benzene rings is 7. The molecule has 7 aromatic carbocycles. The zero-order valence-corrected chi connectivity index (χ0v) is 32.9. The summed E-state index contributed by atoms with van der Waals surface area (Å²) in [6.45, 7) is 1.10. The van der Waals surface area contributed by atoms with Gasteiger partial charge in [-0.15, -0.1) is 0 Å².